The molecule has 0 fully saturated rings. The van der Waals surface area contributed by atoms with Gasteiger partial charge in [0.25, 0.3) is 0 Å². The third-order valence-electron chi connectivity index (χ3n) is 3.71. The highest BCUT2D eigenvalue weighted by Crippen LogP contribution is 2.35. The van der Waals surface area contributed by atoms with Gasteiger partial charge in [0.05, 0.1) is 6.04 Å². The number of hydrogen-bond acceptors (Lipinski definition) is 1. The second-order valence-electron chi connectivity index (χ2n) is 4.86. The molecular formula is C16H13F2NO. The molecule has 0 spiro atoms. The zero-order valence-corrected chi connectivity index (χ0v) is 10.7. The lowest BCUT2D eigenvalue weighted by Gasteiger charge is -2.35. The summed E-state index contributed by atoms with van der Waals surface area (Å²) >= 11 is 0. The van der Waals surface area contributed by atoms with E-state index in [4.69, 9.17) is 0 Å². The highest BCUT2D eigenvalue weighted by Gasteiger charge is 2.29. The summed E-state index contributed by atoms with van der Waals surface area (Å²) in [4.78, 5) is 12.8. The Bertz CT molecular complexity index is 657. The van der Waals surface area contributed by atoms with Crippen molar-refractivity contribution < 1.29 is 13.6 Å². The van der Waals surface area contributed by atoms with Gasteiger partial charge in [-0.1, -0.05) is 30.3 Å². The van der Waals surface area contributed by atoms with Crippen molar-refractivity contribution in [2.75, 3.05) is 6.54 Å². The van der Waals surface area contributed by atoms with Crippen LogP contribution >= 0.6 is 0 Å². The quantitative estimate of drug-likeness (QED) is 0.770. The van der Waals surface area contributed by atoms with E-state index in [1.807, 2.05) is 24.3 Å². The molecule has 1 heterocycles. The van der Waals surface area contributed by atoms with Crippen LogP contribution in [0.15, 0.2) is 42.5 Å². The van der Waals surface area contributed by atoms with Crippen molar-refractivity contribution in [3.05, 3.63) is 70.8 Å². The smallest absolute Gasteiger partial charge is 0.210 e. The van der Waals surface area contributed by atoms with Crippen molar-refractivity contribution in [3.63, 3.8) is 0 Å². The van der Waals surface area contributed by atoms with Crippen LogP contribution in [-0.4, -0.2) is 17.9 Å². The van der Waals surface area contributed by atoms with Gasteiger partial charge in [-0.05, 0) is 23.6 Å². The van der Waals surface area contributed by atoms with E-state index in [2.05, 4.69) is 0 Å². The molecule has 3 rings (SSSR count). The second kappa shape index (κ2) is 5.04. The largest absolute Gasteiger partial charge is 0.334 e. The molecule has 1 aliphatic rings. The van der Waals surface area contributed by atoms with E-state index < -0.39 is 17.7 Å². The third kappa shape index (κ3) is 2.07. The Morgan fingerprint density at radius 1 is 1.10 bits per heavy atom. The summed E-state index contributed by atoms with van der Waals surface area (Å²) in [7, 11) is 0. The molecule has 0 saturated heterocycles. The van der Waals surface area contributed by atoms with E-state index in [0.717, 1.165) is 30.0 Å². The fourth-order valence-corrected chi connectivity index (χ4v) is 2.77. The molecule has 0 radical (unpaired) electrons. The third-order valence-corrected chi connectivity index (χ3v) is 3.71. The van der Waals surface area contributed by atoms with Crippen LogP contribution in [0.2, 0.25) is 0 Å². The summed E-state index contributed by atoms with van der Waals surface area (Å²) in [6, 6.07) is 10.7. The number of rotatable bonds is 2. The zero-order chi connectivity index (χ0) is 14.1. The maximum atomic E-state index is 14.1. The van der Waals surface area contributed by atoms with Gasteiger partial charge >= 0.3 is 0 Å². The minimum atomic E-state index is -0.626. The molecule has 0 bridgehead atoms. The van der Waals surface area contributed by atoms with Gasteiger partial charge < -0.3 is 4.90 Å². The van der Waals surface area contributed by atoms with Crippen LogP contribution < -0.4 is 0 Å². The topological polar surface area (TPSA) is 20.3 Å². The van der Waals surface area contributed by atoms with Crippen molar-refractivity contribution >= 4 is 6.41 Å². The van der Waals surface area contributed by atoms with Crippen LogP contribution in [0.3, 0.4) is 0 Å². The van der Waals surface area contributed by atoms with Crippen molar-refractivity contribution in [1.29, 1.82) is 0 Å². The Morgan fingerprint density at radius 3 is 2.65 bits per heavy atom. The van der Waals surface area contributed by atoms with E-state index in [9.17, 15) is 13.6 Å². The van der Waals surface area contributed by atoms with Gasteiger partial charge in [-0.15, -0.1) is 0 Å². The first-order valence-corrected chi connectivity index (χ1v) is 6.44. The molecule has 0 N–H and O–H groups in total. The fraction of sp³-hybridized carbons (Fsp3) is 0.188. The molecule has 102 valence electrons. The predicted octanol–water partition coefficient (Wildman–Crippen LogP) is 3.07. The van der Waals surface area contributed by atoms with E-state index in [1.54, 1.807) is 4.90 Å². The molecule has 1 amide bonds. The fourth-order valence-electron chi connectivity index (χ4n) is 2.77. The average Bonchev–Trinajstić information content (AvgIpc) is 2.46. The van der Waals surface area contributed by atoms with Crippen LogP contribution in [0.5, 0.6) is 0 Å². The predicted molar refractivity (Wildman–Crippen MR) is 71.1 cm³/mol. The first kappa shape index (κ1) is 12.8. The standard InChI is InChI=1S/C16H13F2NO/c17-12-5-6-14(15(18)9-12)16-13-4-2-1-3-11(13)7-8-19(16)10-20/h1-6,9-10,16H,7-8H2/t16-/m1/s1. The number of hydrogen-bond donors (Lipinski definition) is 0. The van der Waals surface area contributed by atoms with Crippen LogP contribution in [-0.2, 0) is 11.2 Å². The summed E-state index contributed by atoms with van der Waals surface area (Å²) in [5.74, 6) is -1.24. The van der Waals surface area contributed by atoms with E-state index in [-0.39, 0.29) is 0 Å². The normalized spacial score (nSPS) is 17.7. The van der Waals surface area contributed by atoms with Crippen molar-refractivity contribution in [2.24, 2.45) is 0 Å². The molecule has 0 aliphatic carbocycles. The molecule has 1 aliphatic heterocycles. The lowest BCUT2D eigenvalue weighted by atomic mass is 9.88. The van der Waals surface area contributed by atoms with Crippen molar-refractivity contribution in [3.8, 4) is 0 Å². The molecule has 2 nitrogen and oxygen atoms in total. The molecule has 0 saturated carbocycles. The Morgan fingerprint density at radius 2 is 1.90 bits per heavy atom. The van der Waals surface area contributed by atoms with Gasteiger partial charge in [-0.3, -0.25) is 4.79 Å². The first-order valence-electron chi connectivity index (χ1n) is 6.44. The van der Waals surface area contributed by atoms with Gasteiger partial charge in [0, 0.05) is 18.2 Å². The summed E-state index contributed by atoms with van der Waals surface area (Å²) in [5.41, 5.74) is 2.32. The Balaban J connectivity index is 2.15. The van der Waals surface area contributed by atoms with E-state index in [0.29, 0.717) is 12.1 Å². The molecule has 2 aromatic rings. The van der Waals surface area contributed by atoms with Crippen LogP contribution in [0.25, 0.3) is 0 Å². The Hall–Kier alpha value is -2.23. The molecule has 20 heavy (non-hydrogen) atoms. The van der Waals surface area contributed by atoms with Gasteiger partial charge in [0.1, 0.15) is 11.6 Å². The zero-order valence-electron chi connectivity index (χ0n) is 10.7. The number of carbonyl (C=O) groups is 1. The van der Waals surface area contributed by atoms with E-state index in [1.165, 1.54) is 12.1 Å². The van der Waals surface area contributed by atoms with Crippen LogP contribution in [0, 0.1) is 11.6 Å². The summed E-state index contributed by atoms with van der Waals surface area (Å²) < 4.78 is 27.1. The lowest BCUT2D eigenvalue weighted by Crippen LogP contribution is -2.35. The molecular weight excluding hydrogens is 260 g/mol. The maximum absolute atomic E-state index is 14.1. The lowest BCUT2D eigenvalue weighted by molar-refractivity contribution is -0.120. The highest BCUT2D eigenvalue weighted by molar-refractivity contribution is 5.54. The van der Waals surface area contributed by atoms with Crippen molar-refractivity contribution in [1.82, 2.24) is 4.90 Å². The summed E-state index contributed by atoms with van der Waals surface area (Å²) in [6.07, 6.45) is 1.47. The molecule has 0 aromatic heterocycles. The number of benzene rings is 2. The highest BCUT2D eigenvalue weighted by atomic mass is 19.1. The first-order chi connectivity index (χ1) is 9.70. The molecule has 4 heteroatoms. The Kier molecular flexibility index (Phi) is 3.22. The SMILES string of the molecule is O=CN1CCc2ccccc2[C@@H]1c1ccc(F)cc1F. The number of nitrogens with zero attached hydrogens (tertiary/aromatic N) is 1. The summed E-state index contributed by atoms with van der Waals surface area (Å²) in [6.45, 7) is 0.530. The molecule has 1 atom stereocenters. The number of halogens is 2. The second-order valence-corrected chi connectivity index (χ2v) is 4.86. The van der Waals surface area contributed by atoms with E-state index >= 15 is 0 Å². The molecule has 0 unspecified atom stereocenters. The van der Waals surface area contributed by atoms with Crippen LogP contribution in [0.1, 0.15) is 22.7 Å². The number of fused-ring (bicyclic) bond motifs is 1. The molecule has 2 aromatic carbocycles. The maximum Gasteiger partial charge on any atom is 0.210 e. The van der Waals surface area contributed by atoms with Gasteiger partial charge in [-0.25, -0.2) is 8.78 Å². The number of amides is 1. The monoisotopic (exact) mass is 273 g/mol. The minimum Gasteiger partial charge on any atom is -0.334 e. The van der Waals surface area contributed by atoms with Crippen LogP contribution in [0.4, 0.5) is 8.78 Å². The van der Waals surface area contributed by atoms with Crippen molar-refractivity contribution in [2.45, 2.75) is 12.5 Å². The summed E-state index contributed by atoms with van der Waals surface area (Å²) in [5, 5.41) is 0. The number of carbonyl (C=O) groups excluding carboxylic acids is 1. The Labute approximate surface area is 115 Å². The van der Waals surface area contributed by atoms with Gasteiger partial charge in [0.2, 0.25) is 6.41 Å². The van der Waals surface area contributed by atoms with Gasteiger partial charge in [-0.2, -0.15) is 0 Å². The van der Waals surface area contributed by atoms with Gasteiger partial charge in [0.15, 0.2) is 0 Å². The average molecular weight is 273 g/mol. The minimum absolute atomic E-state index is 0.325.